The van der Waals surface area contributed by atoms with Crippen molar-refractivity contribution in [2.75, 3.05) is 23.9 Å². The lowest BCUT2D eigenvalue weighted by atomic mass is 9.99. The molecule has 0 aliphatic carbocycles. The van der Waals surface area contributed by atoms with Crippen LogP contribution in [0.1, 0.15) is 20.3 Å². The number of rotatable bonds is 4. The second kappa shape index (κ2) is 7.13. The fraction of sp³-hybridized carbons (Fsp3) is 0.438. The largest absolute Gasteiger partial charge is 0.467 e. The summed E-state index contributed by atoms with van der Waals surface area (Å²) >= 11 is 0. The van der Waals surface area contributed by atoms with Crippen LogP contribution in [0.15, 0.2) is 24.3 Å². The highest BCUT2D eigenvalue weighted by atomic mass is 16.5. The van der Waals surface area contributed by atoms with E-state index in [1.165, 1.54) is 12.0 Å². The molecule has 0 bridgehead atoms. The number of carbonyl (C=O) groups excluding carboxylic acids is 3. The van der Waals surface area contributed by atoms with Crippen molar-refractivity contribution in [2.45, 2.75) is 26.3 Å². The first-order chi connectivity index (χ1) is 11.0. The van der Waals surface area contributed by atoms with Gasteiger partial charge in [-0.1, -0.05) is 32.4 Å². The molecule has 0 spiro atoms. The molecule has 0 radical (unpaired) electrons. The Morgan fingerprint density at radius 3 is 2.74 bits per heavy atom. The predicted molar refractivity (Wildman–Crippen MR) is 86.2 cm³/mol. The standard InChI is InChI=1S/C16H21N3O4/c1-4-10(2)14(15(21)23-3)18-16(22)19-9-13(20)17-11-7-5-6-8-12(11)19/h5-8,10,14H,4,9H2,1-3H3,(H,17,20)(H,18,22)/t10-,14+/m1/s1. The molecule has 3 amide bonds. The van der Waals surface area contributed by atoms with Gasteiger partial charge in [0.2, 0.25) is 5.91 Å². The smallest absolute Gasteiger partial charge is 0.328 e. The molecule has 1 aliphatic heterocycles. The molecule has 0 unspecified atom stereocenters. The van der Waals surface area contributed by atoms with Gasteiger partial charge in [0, 0.05) is 0 Å². The minimum absolute atomic E-state index is 0.0831. The molecular formula is C16H21N3O4. The minimum Gasteiger partial charge on any atom is -0.467 e. The molecule has 0 saturated carbocycles. The summed E-state index contributed by atoms with van der Waals surface area (Å²) in [6.45, 7) is 3.69. The lowest BCUT2D eigenvalue weighted by Crippen LogP contribution is -2.53. The molecule has 7 heteroatoms. The molecule has 2 atom stereocenters. The van der Waals surface area contributed by atoms with E-state index in [1.807, 2.05) is 13.8 Å². The Bertz CT molecular complexity index is 617. The summed E-state index contributed by atoms with van der Waals surface area (Å²) in [5.41, 5.74) is 1.16. The number of nitrogens with zero attached hydrogens (tertiary/aromatic N) is 1. The average molecular weight is 319 g/mol. The van der Waals surface area contributed by atoms with Crippen LogP contribution in [0.3, 0.4) is 0 Å². The van der Waals surface area contributed by atoms with Gasteiger partial charge in [0.15, 0.2) is 0 Å². The Morgan fingerprint density at radius 2 is 2.09 bits per heavy atom. The number of urea groups is 1. The van der Waals surface area contributed by atoms with Gasteiger partial charge in [0.25, 0.3) is 0 Å². The summed E-state index contributed by atoms with van der Waals surface area (Å²) in [5.74, 6) is -0.861. The summed E-state index contributed by atoms with van der Waals surface area (Å²) in [7, 11) is 1.29. The number of hydrogen-bond donors (Lipinski definition) is 2. The van der Waals surface area contributed by atoms with Crippen LogP contribution < -0.4 is 15.5 Å². The summed E-state index contributed by atoms with van der Waals surface area (Å²) in [4.78, 5) is 37.6. The van der Waals surface area contributed by atoms with Crippen molar-refractivity contribution in [3.63, 3.8) is 0 Å². The fourth-order valence-electron chi connectivity index (χ4n) is 2.42. The maximum atomic E-state index is 12.6. The number of para-hydroxylation sites is 2. The van der Waals surface area contributed by atoms with Crippen LogP contribution in [0.25, 0.3) is 0 Å². The Kier molecular flexibility index (Phi) is 5.20. The van der Waals surface area contributed by atoms with E-state index >= 15 is 0 Å². The lowest BCUT2D eigenvalue weighted by molar-refractivity contribution is -0.144. The number of carbonyl (C=O) groups is 3. The predicted octanol–water partition coefficient (Wildman–Crippen LogP) is 1.74. The molecule has 0 fully saturated rings. The minimum atomic E-state index is -0.755. The molecule has 124 valence electrons. The Hall–Kier alpha value is -2.57. The van der Waals surface area contributed by atoms with Crippen LogP contribution in [0.4, 0.5) is 16.2 Å². The second-order valence-corrected chi connectivity index (χ2v) is 5.49. The van der Waals surface area contributed by atoms with E-state index < -0.39 is 18.0 Å². The quantitative estimate of drug-likeness (QED) is 0.828. The average Bonchev–Trinajstić information content (AvgIpc) is 2.57. The van der Waals surface area contributed by atoms with Gasteiger partial charge in [0.05, 0.1) is 18.5 Å². The van der Waals surface area contributed by atoms with E-state index in [1.54, 1.807) is 24.3 Å². The van der Waals surface area contributed by atoms with Crippen molar-refractivity contribution in [3.05, 3.63) is 24.3 Å². The normalized spacial score (nSPS) is 16.0. The third kappa shape index (κ3) is 3.61. The van der Waals surface area contributed by atoms with Crippen LogP contribution >= 0.6 is 0 Å². The molecule has 2 N–H and O–H groups in total. The summed E-state index contributed by atoms with van der Waals surface area (Å²) < 4.78 is 4.76. The highest BCUT2D eigenvalue weighted by Crippen LogP contribution is 2.29. The summed E-state index contributed by atoms with van der Waals surface area (Å²) in [6, 6.07) is 5.77. The lowest BCUT2D eigenvalue weighted by Gasteiger charge is -2.31. The Labute approximate surface area is 135 Å². The maximum absolute atomic E-state index is 12.6. The van der Waals surface area contributed by atoms with E-state index in [0.29, 0.717) is 17.8 Å². The number of fused-ring (bicyclic) bond motifs is 1. The van der Waals surface area contributed by atoms with E-state index in [2.05, 4.69) is 10.6 Å². The van der Waals surface area contributed by atoms with E-state index in [4.69, 9.17) is 4.74 Å². The van der Waals surface area contributed by atoms with Gasteiger partial charge in [-0.3, -0.25) is 9.69 Å². The molecule has 1 aromatic rings. The zero-order chi connectivity index (χ0) is 17.0. The van der Waals surface area contributed by atoms with Crippen molar-refractivity contribution >= 4 is 29.3 Å². The highest BCUT2D eigenvalue weighted by molar-refractivity contribution is 6.09. The zero-order valence-electron chi connectivity index (χ0n) is 13.5. The fourth-order valence-corrected chi connectivity index (χ4v) is 2.42. The SMILES string of the molecule is CC[C@@H](C)[C@H](NC(=O)N1CC(=O)Nc2ccccc21)C(=O)OC. The first kappa shape index (κ1) is 16.8. The van der Waals surface area contributed by atoms with Gasteiger partial charge in [-0.25, -0.2) is 9.59 Å². The number of nitrogens with one attached hydrogen (secondary N) is 2. The van der Waals surface area contributed by atoms with E-state index in [0.717, 1.165) is 0 Å². The van der Waals surface area contributed by atoms with Gasteiger partial charge in [-0.15, -0.1) is 0 Å². The first-order valence-electron chi connectivity index (χ1n) is 7.52. The van der Waals surface area contributed by atoms with Gasteiger partial charge in [0.1, 0.15) is 12.6 Å². The van der Waals surface area contributed by atoms with Gasteiger partial charge in [-0.2, -0.15) is 0 Å². The maximum Gasteiger partial charge on any atom is 0.328 e. The number of anilines is 2. The summed E-state index contributed by atoms with van der Waals surface area (Å²) in [5, 5.41) is 5.40. The molecule has 2 rings (SSSR count). The third-order valence-corrected chi connectivity index (χ3v) is 3.96. The van der Waals surface area contributed by atoms with Crippen molar-refractivity contribution in [1.29, 1.82) is 0 Å². The number of ether oxygens (including phenoxy) is 1. The number of hydrogen-bond acceptors (Lipinski definition) is 4. The highest BCUT2D eigenvalue weighted by Gasteiger charge is 2.32. The van der Waals surface area contributed by atoms with Crippen LogP contribution in [0.5, 0.6) is 0 Å². The topological polar surface area (TPSA) is 87.7 Å². The zero-order valence-corrected chi connectivity index (χ0v) is 13.5. The van der Waals surface area contributed by atoms with Crippen molar-refractivity contribution in [1.82, 2.24) is 5.32 Å². The van der Waals surface area contributed by atoms with Crippen LogP contribution in [-0.4, -0.2) is 37.6 Å². The van der Waals surface area contributed by atoms with Crippen LogP contribution in [-0.2, 0) is 14.3 Å². The van der Waals surface area contributed by atoms with Gasteiger partial charge in [-0.05, 0) is 18.1 Å². The molecule has 0 saturated heterocycles. The first-order valence-corrected chi connectivity index (χ1v) is 7.52. The molecular weight excluding hydrogens is 298 g/mol. The Morgan fingerprint density at radius 1 is 1.39 bits per heavy atom. The second-order valence-electron chi connectivity index (χ2n) is 5.49. The number of benzene rings is 1. The number of esters is 1. The monoisotopic (exact) mass is 319 g/mol. The van der Waals surface area contributed by atoms with Crippen molar-refractivity contribution in [2.24, 2.45) is 5.92 Å². The molecule has 1 heterocycles. The number of amides is 3. The third-order valence-electron chi connectivity index (χ3n) is 3.96. The molecule has 0 aromatic heterocycles. The van der Waals surface area contributed by atoms with E-state index in [9.17, 15) is 14.4 Å². The molecule has 1 aromatic carbocycles. The van der Waals surface area contributed by atoms with Gasteiger partial charge >= 0.3 is 12.0 Å². The molecule has 23 heavy (non-hydrogen) atoms. The van der Waals surface area contributed by atoms with Crippen molar-refractivity contribution < 1.29 is 19.1 Å². The molecule has 1 aliphatic rings. The van der Waals surface area contributed by atoms with Crippen LogP contribution in [0.2, 0.25) is 0 Å². The van der Waals surface area contributed by atoms with Gasteiger partial charge < -0.3 is 15.4 Å². The van der Waals surface area contributed by atoms with Crippen LogP contribution in [0, 0.1) is 5.92 Å². The summed E-state index contributed by atoms with van der Waals surface area (Å²) in [6.07, 6.45) is 0.705. The van der Waals surface area contributed by atoms with Crippen molar-refractivity contribution in [3.8, 4) is 0 Å². The Balaban J connectivity index is 2.22. The number of methoxy groups -OCH3 is 1. The van der Waals surface area contributed by atoms with E-state index in [-0.39, 0.29) is 18.4 Å². The molecule has 7 nitrogen and oxygen atoms in total.